The molecule has 3 rings (SSSR count). The first-order valence-corrected chi connectivity index (χ1v) is 7.75. The van der Waals surface area contributed by atoms with Crippen LogP contribution in [0.3, 0.4) is 0 Å². The average Bonchev–Trinajstić information content (AvgIpc) is 2.86. The minimum Gasteiger partial charge on any atom is -0.497 e. The molecule has 0 fully saturated rings. The van der Waals surface area contributed by atoms with E-state index in [-0.39, 0.29) is 11.3 Å². The number of ether oxygens (including phenoxy) is 1. The molecular formula is C17H17NO2S. The van der Waals surface area contributed by atoms with Gasteiger partial charge < -0.3 is 4.74 Å². The molecule has 21 heavy (non-hydrogen) atoms. The van der Waals surface area contributed by atoms with Gasteiger partial charge in [0.1, 0.15) is 5.75 Å². The highest BCUT2D eigenvalue weighted by Crippen LogP contribution is 2.44. The Morgan fingerprint density at radius 1 is 1.19 bits per heavy atom. The third-order valence-corrected chi connectivity index (χ3v) is 4.83. The Bertz CT molecular complexity index is 654. The number of para-hydroxylation sites is 1. The van der Waals surface area contributed by atoms with E-state index in [1.54, 1.807) is 25.8 Å². The number of methoxy groups -OCH3 is 1. The van der Waals surface area contributed by atoms with Crippen LogP contribution in [0.5, 0.6) is 5.75 Å². The molecule has 108 valence electrons. The first-order valence-electron chi connectivity index (χ1n) is 6.87. The van der Waals surface area contributed by atoms with Crippen molar-refractivity contribution in [2.24, 2.45) is 0 Å². The van der Waals surface area contributed by atoms with Crippen molar-refractivity contribution in [2.45, 2.75) is 23.6 Å². The Balaban J connectivity index is 1.83. The van der Waals surface area contributed by atoms with Gasteiger partial charge in [0.05, 0.1) is 18.2 Å². The monoisotopic (exact) mass is 299 g/mol. The van der Waals surface area contributed by atoms with Crippen molar-refractivity contribution in [2.75, 3.05) is 12.0 Å². The third-order valence-electron chi connectivity index (χ3n) is 3.58. The topological polar surface area (TPSA) is 29.5 Å². The van der Waals surface area contributed by atoms with Crippen LogP contribution in [0.4, 0.5) is 5.69 Å². The van der Waals surface area contributed by atoms with E-state index in [2.05, 4.69) is 18.2 Å². The largest absolute Gasteiger partial charge is 0.497 e. The Morgan fingerprint density at radius 3 is 2.57 bits per heavy atom. The molecule has 2 aromatic carbocycles. The van der Waals surface area contributed by atoms with Gasteiger partial charge in [0.15, 0.2) is 0 Å². The van der Waals surface area contributed by atoms with Crippen molar-refractivity contribution >= 4 is 23.4 Å². The highest BCUT2D eigenvalue weighted by Gasteiger charge is 2.32. The number of carbonyl (C=O) groups excluding carboxylic acids is 1. The number of hydrogen-bond donors (Lipinski definition) is 0. The van der Waals surface area contributed by atoms with Crippen LogP contribution in [0.2, 0.25) is 0 Å². The lowest BCUT2D eigenvalue weighted by Gasteiger charge is -2.23. The zero-order valence-electron chi connectivity index (χ0n) is 12.1. The maximum absolute atomic E-state index is 12.0. The summed E-state index contributed by atoms with van der Waals surface area (Å²) in [7, 11) is 1.66. The number of carbonyl (C=O) groups is 1. The van der Waals surface area contributed by atoms with Gasteiger partial charge in [0, 0.05) is 18.2 Å². The second-order valence-corrected chi connectivity index (χ2v) is 6.20. The second kappa shape index (κ2) is 5.82. The highest BCUT2D eigenvalue weighted by atomic mass is 32.2. The van der Waals surface area contributed by atoms with Crippen LogP contribution in [0.25, 0.3) is 0 Å². The molecule has 0 radical (unpaired) electrons. The number of anilines is 1. The van der Waals surface area contributed by atoms with Gasteiger partial charge in [-0.3, -0.25) is 9.69 Å². The van der Waals surface area contributed by atoms with Gasteiger partial charge in [0.2, 0.25) is 5.91 Å². The number of amides is 1. The van der Waals surface area contributed by atoms with E-state index < -0.39 is 0 Å². The Hall–Kier alpha value is -1.94. The zero-order chi connectivity index (χ0) is 14.8. The second-order valence-electron chi connectivity index (χ2n) is 4.98. The molecule has 0 aromatic heterocycles. The molecule has 0 spiro atoms. The van der Waals surface area contributed by atoms with E-state index in [0.29, 0.717) is 0 Å². The van der Waals surface area contributed by atoms with Gasteiger partial charge in [-0.05, 0) is 29.8 Å². The maximum Gasteiger partial charge on any atom is 0.224 e. The summed E-state index contributed by atoms with van der Waals surface area (Å²) >= 11 is 1.75. The van der Waals surface area contributed by atoms with E-state index in [9.17, 15) is 4.79 Å². The van der Waals surface area contributed by atoms with Crippen LogP contribution >= 0.6 is 11.8 Å². The summed E-state index contributed by atoms with van der Waals surface area (Å²) in [4.78, 5) is 15.1. The van der Waals surface area contributed by atoms with Crippen LogP contribution < -0.4 is 9.64 Å². The van der Waals surface area contributed by atoms with Gasteiger partial charge in [-0.2, -0.15) is 0 Å². The van der Waals surface area contributed by atoms with Crippen molar-refractivity contribution < 1.29 is 9.53 Å². The molecule has 4 heteroatoms. The molecule has 1 atom stereocenters. The van der Waals surface area contributed by atoms with Crippen molar-refractivity contribution in [1.82, 2.24) is 0 Å². The molecule has 1 heterocycles. The average molecular weight is 299 g/mol. The minimum atomic E-state index is 0.0889. The summed E-state index contributed by atoms with van der Waals surface area (Å²) in [5, 5.41) is 0.119. The lowest BCUT2D eigenvalue weighted by molar-refractivity contribution is -0.116. The molecular weight excluding hydrogens is 282 g/mol. The lowest BCUT2D eigenvalue weighted by atomic mass is 10.1. The third kappa shape index (κ3) is 2.76. The Kier molecular flexibility index (Phi) is 3.88. The molecule has 1 aliphatic rings. The Morgan fingerprint density at radius 2 is 1.90 bits per heavy atom. The number of rotatable bonds is 3. The van der Waals surface area contributed by atoms with Gasteiger partial charge in [-0.25, -0.2) is 0 Å². The fourth-order valence-corrected chi connectivity index (χ4v) is 3.96. The summed E-state index contributed by atoms with van der Waals surface area (Å²) in [6.45, 7) is 1.63. The molecule has 3 nitrogen and oxygen atoms in total. The predicted molar refractivity (Wildman–Crippen MR) is 85.9 cm³/mol. The van der Waals surface area contributed by atoms with E-state index in [1.807, 2.05) is 35.2 Å². The molecule has 1 amide bonds. The number of nitrogens with zero attached hydrogens (tertiary/aromatic N) is 1. The summed E-state index contributed by atoms with van der Waals surface area (Å²) < 4.78 is 5.18. The first-order chi connectivity index (χ1) is 10.2. The molecule has 0 aliphatic carbocycles. The predicted octanol–water partition coefficient (Wildman–Crippen LogP) is 3.72. The summed E-state index contributed by atoms with van der Waals surface area (Å²) in [5.41, 5.74) is 2.22. The van der Waals surface area contributed by atoms with Gasteiger partial charge in [-0.15, -0.1) is 0 Å². The summed E-state index contributed by atoms with van der Waals surface area (Å²) in [6.07, 6.45) is 0.822. The number of thioether (sulfide) groups is 1. The zero-order valence-corrected chi connectivity index (χ0v) is 12.9. The molecule has 0 saturated heterocycles. The standard InChI is InChI=1S/C17H17NO2S/c1-12(19)18-15-5-3-4-6-16(15)21-17(18)11-13-7-9-14(20-2)10-8-13/h3-10,17H,11H2,1-2H3. The Labute approximate surface area is 128 Å². The summed E-state index contributed by atoms with van der Waals surface area (Å²) in [5.74, 6) is 0.940. The van der Waals surface area contributed by atoms with Gasteiger partial charge in [0.25, 0.3) is 0 Å². The van der Waals surface area contributed by atoms with Gasteiger partial charge in [-0.1, -0.05) is 36.0 Å². The highest BCUT2D eigenvalue weighted by molar-refractivity contribution is 8.00. The van der Waals surface area contributed by atoms with Crippen LogP contribution in [-0.2, 0) is 11.2 Å². The SMILES string of the molecule is COc1ccc(CC2Sc3ccccc3N2C(C)=O)cc1. The van der Waals surface area contributed by atoms with E-state index >= 15 is 0 Å². The first kappa shape index (κ1) is 14.0. The van der Waals surface area contributed by atoms with Crippen LogP contribution in [0.1, 0.15) is 12.5 Å². The van der Waals surface area contributed by atoms with Crippen LogP contribution in [-0.4, -0.2) is 18.4 Å². The maximum atomic E-state index is 12.0. The van der Waals surface area contributed by atoms with E-state index in [4.69, 9.17) is 4.74 Å². The van der Waals surface area contributed by atoms with Crippen molar-refractivity contribution in [3.05, 3.63) is 54.1 Å². The molecule has 2 aromatic rings. The molecule has 0 saturated carbocycles. The molecule has 1 aliphatic heterocycles. The fraction of sp³-hybridized carbons (Fsp3) is 0.235. The van der Waals surface area contributed by atoms with Gasteiger partial charge >= 0.3 is 0 Å². The molecule has 0 bridgehead atoms. The normalized spacial score (nSPS) is 16.7. The number of benzene rings is 2. The summed E-state index contributed by atoms with van der Waals surface area (Å²) in [6, 6.07) is 16.1. The lowest BCUT2D eigenvalue weighted by Crippen LogP contribution is -2.35. The quantitative estimate of drug-likeness (QED) is 0.865. The molecule has 0 N–H and O–H groups in total. The van der Waals surface area contributed by atoms with Crippen LogP contribution in [0, 0.1) is 0 Å². The molecule has 1 unspecified atom stereocenters. The van der Waals surface area contributed by atoms with Crippen molar-refractivity contribution in [3.63, 3.8) is 0 Å². The van der Waals surface area contributed by atoms with E-state index in [1.165, 1.54) is 10.5 Å². The smallest absolute Gasteiger partial charge is 0.224 e. The van der Waals surface area contributed by atoms with Crippen LogP contribution in [0.15, 0.2) is 53.4 Å². The fourth-order valence-electron chi connectivity index (χ4n) is 2.58. The van der Waals surface area contributed by atoms with E-state index in [0.717, 1.165) is 17.9 Å². The number of hydrogen-bond acceptors (Lipinski definition) is 3. The van der Waals surface area contributed by atoms with Crippen molar-refractivity contribution in [1.29, 1.82) is 0 Å². The van der Waals surface area contributed by atoms with Crippen molar-refractivity contribution in [3.8, 4) is 5.75 Å². The number of fused-ring (bicyclic) bond motifs is 1. The minimum absolute atomic E-state index is 0.0889.